The zero-order valence-electron chi connectivity index (χ0n) is 16.5. The van der Waals surface area contributed by atoms with Crippen LogP contribution < -0.4 is 24.3 Å². The summed E-state index contributed by atoms with van der Waals surface area (Å²) in [6, 6.07) is 6.76. The first-order valence-corrected chi connectivity index (χ1v) is 10.0. The molecule has 1 heterocycles. The smallest absolute Gasteiger partial charge is 0.231 e. The number of hydrogen-bond donors (Lipinski definition) is 1. The van der Waals surface area contributed by atoms with Gasteiger partial charge in [-0.05, 0) is 44.5 Å². The van der Waals surface area contributed by atoms with Gasteiger partial charge in [-0.15, -0.1) is 0 Å². The van der Waals surface area contributed by atoms with Crippen molar-refractivity contribution in [2.45, 2.75) is 27.2 Å². The fourth-order valence-electron chi connectivity index (χ4n) is 2.95. The summed E-state index contributed by atoms with van der Waals surface area (Å²) in [5.74, 6) is 1.71. The first kappa shape index (κ1) is 21.0. The number of halogens is 1. The van der Waals surface area contributed by atoms with Crippen molar-refractivity contribution < 1.29 is 28.5 Å². The average Bonchev–Trinajstić information content (AvgIpc) is 3.12. The Balaban J connectivity index is 1.82. The number of fused-ring (bicyclic) bond motifs is 1. The van der Waals surface area contributed by atoms with E-state index >= 15 is 0 Å². The Kier molecular flexibility index (Phi) is 6.64. The molecule has 0 aliphatic carbocycles. The Morgan fingerprint density at radius 2 is 1.66 bits per heavy atom. The van der Waals surface area contributed by atoms with Crippen LogP contribution in [0.15, 0.2) is 28.7 Å². The van der Waals surface area contributed by atoms with E-state index in [1.54, 1.807) is 24.3 Å². The van der Waals surface area contributed by atoms with Gasteiger partial charge in [-0.3, -0.25) is 9.59 Å². The molecule has 3 rings (SSSR count). The fourth-order valence-corrected chi connectivity index (χ4v) is 3.42. The molecule has 7 nitrogen and oxygen atoms in total. The fraction of sp³-hybridized carbons (Fsp3) is 0.333. The molecule has 154 valence electrons. The van der Waals surface area contributed by atoms with E-state index in [1.807, 2.05) is 13.8 Å². The zero-order valence-corrected chi connectivity index (χ0v) is 18.1. The summed E-state index contributed by atoms with van der Waals surface area (Å²) in [7, 11) is 0. The normalized spacial score (nSPS) is 11.9. The van der Waals surface area contributed by atoms with Crippen LogP contribution in [0.2, 0.25) is 0 Å². The first-order valence-electron chi connectivity index (χ1n) is 9.25. The summed E-state index contributed by atoms with van der Waals surface area (Å²) in [5, 5.41) is 2.80. The molecule has 2 aromatic rings. The van der Waals surface area contributed by atoms with Crippen molar-refractivity contribution in [1.82, 2.24) is 0 Å². The highest BCUT2D eigenvalue weighted by atomic mass is 79.9. The van der Waals surface area contributed by atoms with Crippen molar-refractivity contribution in [3.8, 4) is 23.0 Å². The summed E-state index contributed by atoms with van der Waals surface area (Å²) in [6.07, 6.45) is 0.0822. The van der Waals surface area contributed by atoms with Crippen LogP contribution in [0.3, 0.4) is 0 Å². The van der Waals surface area contributed by atoms with Gasteiger partial charge in [0.2, 0.25) is 12.7 Å². The molecular weight excluding hydrogens is 442 g/mol. The van der Waals surface area contributed by atoms with E-state index < -0.39 is 0 Å². The molecule has 0 bridgehead atoms. The van der Waals surface area contributed by atoms with Crippen LogP contribution in [0.4, 0.5) is 5.69 Å². The van der Waals surface area contributed by atoms with Crippen LogP contribution in [-0.2, 0) is 11.2 Å². The number of rotatable bonds is 8. The molecule has 1 N–H and O–H groups in total. The predicted molar refractivity (Wildman–Crippen MR) is 111 cm³/mol. The summed E-state index contributed by atoms with van der Waals surface area (Å²) >= 11 is 3.49. The number of Topliss-reactive ketones (excluding diaryl/α,β-unsaturated/α-hetero) is 1. The second-order valence-corrected chi connectivity index (χ2v) is 7.14. The molecule has 0 saturated heterocycles. The van der Waals surface area contributed by atoms with E-state index in [-0.39, 0.29) is 24.9 Å². The van der Waals surface area contributed by atoms with Crippen molar-refractivity contribution in [3.05, 3.63) is 39.9 Å². The summed E-state index contributed by atoms with van der Waals surface area (Å²) < 4.78 is 22.6. The van der Waals surface area contributed by atoms with E-state index in [0.29, 0.717) is 47.5 Å². The topological polar surface area (TPSA) is 83.1 Å². The van der Waals surface area contributed by atoms with Crippen LogP contribution in [0, 0.1) is 0 Å². The maximum atomic E-state index is 12.7. The lowest BCUT2D eigenvalue weighted by atomic mass is 10.1. The standard InChI is InChI=1S/C21H22BrNO6/c1-4-26-17-6-13(15(22)9-19(17)27-5-2)7-21(25)23-16-10-20-18(28-11-29-20)8-14(16)12(3)24/h6,8-10H,4-5,7,11H2,1-3H3,(H,23,25). The minimum atomic E-state index is -0.279. The van der Waals surface area contributed by atoms with Gasteiger partial charge >= 0.3 is 0 Å². The number of anilines is 1. The number of carbonyl (C=O) groups is 2. The van der Waals surface area contributed by atoms with Crippen LogP contribution >= 0.6 is 15.9 Å². The number of ketones is 1. The van der Waals surface area contributed by atoms with Crippen LogP contribution in [-0.4, -0.2) is 31.7 Å². The maximum Gasteiger partial charge on any atom is 0.231 e. The van der Waals surface area contributed by atoms with E-state index in [1.165, 1.54) is 6.92 Å². The average molecular weight is 464 g/mol. The first-order chi connectivity index (χ1) is 13.9. The zero-order chi connectivity index (χ0) is 21.0. The number of ether oxygens (including phenoxy) is 4. The second kappa shape index (κ2) is 9.17. The third kappa shape index (κ3) is 4.82. The Morgan fingerprint density at radius 1 is 1.03 bits per heavy atom. The minimum absolute atomic E-state index is 0.0822. The molecule has 0 fully saturated rings. The SMILES string of the molecule is CCOc1cc(Br)c(CC(=O)Nc2cc3c(cc2C(C)=O)OCO3)cc1OCC. The monoisotopic (exact) mass is 463 g/mol. The van der Waals surface area contributed by atoms with E-state index in [2.05, 4.69) is 21.2 Å². The lowest BCUT2D eigenvalue weighted by molar-refractivity contribution is -0.115. The number of hydrogen-bond acceptors (Lipinski definition) is 6. The molecule has 0 radical (unpaired) electrons. The van der Waals surface area contributed by atoms with Gasteiger partial charge in [-0.1, -0.05) is 15.9 Å². The lowest BCUT2D eigenvalue weighted by Crippen LogP contribution is -2.17. The number of amides is 1. The second-order valence-electron chi connectivity index (χ2n) is 6.29. The summed E-state index contributed by atoms with van der Waals surface area (Å²) in [4.78, 5) is 24.7. The highest BCUT2D eigenvalue weighted by molar-refractivity contribution is 9.10. The van der Waals surface area contributed by atoms with Crippen molar-refractivity contribution in [1.29, 1.82) is 0 Å². The highest BCUT2D eigenvalue weighted by Gasteiger charge is 2.21. The van der Waals surface area contributed by atoms with Gasteiger partial charge in [-0.2, -0.15) is 0 Å². The lowest BCUT2D eigenvalue weighted by Gasteiger charge is -2.15. The molecule has 29 heavy (non-hydrogen) atoms. The quantitative estimate of drug-likeness (QED) is 0.585. The van der Waals surface area contributed by atoms with E-state index in [4.69, 9.17) is 18.9 Å². The largest absolute Gasteiger partial charge is 0.490 e. The van der Waals surface area contributed by atoms with Crippen molar-refractivity contribution in [3.63, 3.8) is 0 Å². The molecule has 0 spiro atoms. The summed E-state index contributed by atoms with van der Waals surface area (Å²) in [6.45, 7) is 6.28. The van der Waals surface area contributed by atoms with E-state index in [0.717, 1.165) is 10.0 Å². The Morgan fingerprint density at radius 3 is 2.28 bits per heavy atom. The molecule has 8 heteroatoms. The van der Waals surface area contributed by atoms with Crippen molar-refractivity contribution >= 4 is 33.3 Å². The molecular formula is C21H22BrNO6. The maximum absolute atomic E-state index is 12.7. The van der Waals surface area contributed by atoms with Gasteiger partial charge in [0.1, 0.15) is 0 Å². The molecule has 0 saturated carbocycles. The number of benzene rings is 2. The van der Waals surface area contributed by atoms with Crippen molar-refractivity contribution in [2.24, 2.45) is 0 Å². The molecule has 0 aromatic heterocycles. The molecule has 1 aliphatic heterocycles. The van der Waals surface area contributed by atoms with Crippen LogP contribution in [0.25, 0.3) is 0 Å². The van der Waals surface area contributed by atoms with Gasteiger partial charge in [0, 0.05) is 16.1 Å². The molecule has 0 atom stereocenters. The Bertz CT molecular complexity index is 943. The van der Waals surface area contributed by atoms with Gasteiger partial charge < -0.3 is 24.3 Å². The van der Waals surface area contributed by atoms with Gasteiger partial charge in [0.15, 0.2) is 28.8 Å². The third-order valence-corrected chi connectivity index (χ3v) is 4.97. The highest BCUT2D eigenvalue weighted by Crippen LogP contribution is 2.38. The van der Waals surface area contributed by atoms with Crippen molar-refractivity contribution in [2.75, 3.05) is 25.3 Å². The molecule has 1 aliphatic rings. The number of nitrogens with one attached hydrogen (secondary N) is 1. The molecule has 0 unspecified atom stereocenters. The molecule has 2 aromatic carbocycles. The molecule has 1 amide bonds. The Labute approximate surface area is 177 Å². The minimum Gasteiger partial charge on any atom is -0.490 e. The summed E-state index contributed by atoms with van der Waals surface area (Å²) in [5.41, 5.74) is 1.49. The van der Waals surface area contributed by atoms with Gasteiger partial charge in [0.05, 0.1) is 25.3 Å². The van der Waals surface area contributed by atoms with Gasteiger partial charge in [-0.25, -0.2) is 0 Å². The van der Waals surface area contributed by atoms with Crippen LogP contribution in [0.5, 0.6) is 23.0 Å². The van der Waals surface area contributed by atoms with E-state index in [9.17, 15) is 9.59 Å². The third-order valence-electron chi connectivity index (χ3n) is 4.23. The predicted octanol–water partition coefficient (Wildman–Crippen LogP) is 4.36. The van der Waals surface area contributed by atoms with Gasteiger partial charge in [0.25, 0.3) is 0 Å². The number of carbonyl (C=O) groups excluding carboxylic acids is 2. The Hall–Kier alpha value is -2.74. The van der Waals surface area contributed by atoms with Crippen LogP contribution in [0.1, 0.15) is 36.7 Å².